The first-order valence-electron chi connectivity index (χ1n) is 3.80. The van der Waals surface area contributed by atoms with Crippen molar-refractivity contribution in [3.8, 4) is 0 Å². The van der Waals surface area contributed by atoms with E-state index in [1.165, 1.54) is 0 Å². The third-order valence-corrected chi connectivity index (χ3v) is 1.80. The third kappa shape index (κ3) is 3.34. The van der Waals surface area contributed by atoms with Gasteiger partial charge in [-0.3, -0.25) is 4.79 Å². The Kier molecular flexibility index (Phi) is 2.84. The summed E-state index contributed by atoms with van der Waals surface area (Å²) in [6.07, 6.45) is 1.81. The molecule has 11 heavy (non-hydrogen) atoms. The predicted octanol–water partition coefficient (Wildman–Crippen LogP) is -0.569. The molecule has 1 saturated carbocycles. The van der Waals surface area contributed by atoms with E-state index in [9.17, 15) is 9.90 Å². The lowest BCUT2D eigenvalue weighted by Gasteiger charge is -2.07. The maximum Gasteiger partial charge on any atom is 0.317 e. The van der Waals surface area contributed by atoms with Crippen molar-refractivity contribution in [1.82, 2.24) is 5.32 Å². The maximum absolute atomic E-state index is 10.0. The highest BCUT2D eigenvalue weighted by Gasteiger charge is 2.29. The molecule has 0 heterocycles. The van der Waals surface area contributed by atoms with Crippen LogP contribution < -0.4 is 5.32 Å². The van der Waals surface area contributed by atoms with Gasteiger partial charge in [0.05, 0.1) is 12.6 Å². The van der Waals surface area contributed by atoms with Crippen molar-refractivity contribution in [3.63, 3.8) is 0 Å². The minimum Gasteiger partial charge on any atom is -0.480 e. The Bertz CT molecular complexity index is 145. The predicted molar refractivity (Wildman–Crippen MR) is 39.2 cm³/mol. The van der Waals surface area contributed by atoms with Crippen molar-refractivity contribution in [3.05, 3.63) is 0 Å². The molecule has 0 aromatic rings. The first-order valence-corrected chi connectivity index (χ1v) is 3.80. The number of carbonyl (C=O) groups is 1. The molecule has 1 fully saturated rings. The quantitative estimate of drug-likeness (QED) is 0.502. The van der Waals surface area contributed by atoms with Gasteiger partial charge in [0.1, 0.15) is 0 Å². The average Bonchev–Trinajstić information content (AvgIpc) is 2.66. The lowest BCUT2D eigenvalue weighted by Crippen LogP contribution is -2.32. The molecule has 1 unspecified atom stereocenters. The second kappa shape index (κ2) is 3.69. The van der Waals surface area contributed by atoms with Gasteiger partial charge in [0.2, 0.25) is 0 Å². The van der Waals surface area contributed by atoms with Crippen molar-refractivity contribution in [2.24, 2.45) is 5.92 Å². The summed E-state index contributed by atoms with van der Waals surface area (Å²) in [5.41, 5.74) is 0. The molecule has 0 aromatic heterocycles. The van der Waals surface area contributed by atoms with Gasteiger partial charge in [-0.25, -0.2) is 0 Å². The standard InChI is InChI=1S/C7H13NO3/c9-6(5-1-2-5)3-8-4-7(10)11/h5-6,8-9H,1-4H2,(H,10,11). The lowest BCUT2D eigenvalue weighted by atomic mass is 10.2. The van der Waals surface area contributed by atoms with Crippen LogP contribution in [0, 0.1) is 5.92 Å². The van der Waals surface area contributed by atoms with Crippen LogP contribution >= 0.6 is 0 Å². The second-order valence-electron chi connectivity index (χ2n) is 2.93. The molecule has 1 rings (SSSR count). The summed E-state index contributed by atoms with van der Waals surface area (Å²) in [4.78, 5) is 10.0. The van der Waals surface area contributed by atoms with Gasteiger partial charge in [-0.2, -0.15) is 0 Å². The van der Waals surface area contributed by atoms with E-state index in [4.69, 9.17) is 5.11 Å². The van der Waals surface area contributed by atoms with Crippen molar-refractivity contribution >= 4 is 5.97 Å². The Morgan fingerprint density at radius 2 is 2.27 bits per heavy atom. The lowest BCUT2D eigenvalue weighted by molar-refractivity contribution is -0.136. The van der Waals surface area contributed by atoms with Gasteiger partial charge in [0, 0.05) is 6.54 Å². The van der Waals surface area contributed by atoms with Gasteiger partial charge >= 0.3 is 5.97 Å². The Labute approximate surface area is 65.2 Å². The number of rotatable bonds is 5. The fourth-order valence-electron chi connectivity index (χ4n) is 0.975. The highest BCUT2D eigenvalue weighted by atomic mass is 16.4. The van der Waals surface area contributed by atoms with Crippen molar-refractivity contribution in [2.75, 3.05) is 13.1 Å². The number of nitrogens with one attached hydrogen (secondary N) is 1. The number of aliphatic hydroxyl groups is 1. The van der Waals surface area contributed by atoms with E-state index in [2.05, 4.69) is 5.32 Å². The maximum atomic E-state index is 10.0. The van der Waals surface area contributed by atoms with Crippen LogP contribution in [0.25, 0.3) is 0 Å². The van der Waals surface area contributed by atoms with Crippen molar-refractivity contribution < 1.29 is 15.0 Å². The van der Waals surface area contributed by atoms with E-state index in [-0.39, 0.29) is 12.6 Å². The van der Waals surface area contributed by atoms with Gasteiger partial charge in [-0.15, -0.1) is 0 Å². The molecule has 1 atom stereocenters. The molecular weight excluding hydrogens is 146 g/mol. The Morgan fingerprint density at radius 3 is 2.73 bits per heavy atom. The molecule has 0 spiro atoms. The number of hydrogen-bond donors (Lipinski definition) is 3. The largest absolute Gasteiger partial charge is 0.480 e. The number of aliphatic carboxylic acids is 1. The Hall–Kier alpha value is -0.610. The Balaban J connectivity index is 1.97. The highest BCUT2D eigenvalue weighted by molar-refractivity contribution is 5.68. The van der Waals surface area contributed by atoms with E-state index in [0.717, 1.165) is 12.8 Å². The van der Waals surface area contributed by atoms with Crippen LogP contribution in [-0.2, 0) is 4.79 Å². The van der Waals surface area contributed by atoms with E-state index in [0.29, 0.717) is 12.5 Å². The summed E-state index contributed by atoms with van der Waals surface area (Å²) in [6, 6.07) is 0. The van der Waals surface area contributed by atoms with Gasteiger partial charge in [0.15, 0.2) is 0 Å². The topological polar surface area (TPSA) is 69.6 Å². The molecule has 0 bridgehead atoms. The van der Waals surface area contributed by atoms with Gasteiger partial charge in [-0.1, -0.05) is 0 Å². The molecule has 0 aliphatic heterocycles. The SMILES string of the molecule is O=C(O)CNCC(O)C1CC1. The number of aliphatic hydroxyl groups excluding tert-OH is 1. The fourth-order valence-corrected chi connectivity index (χ4v) is 0.975. The monoisotopic (exact) mass is 159 g/mol. The number of hydrogen-bond acceptors (Lipinski definition) is 3. The first-order chi connectivity index (χ1) is 5.20. The van der Waals surface area contributed by atoms with Crippen LogP contribution in [0.2, 0.25) is 0 Å². The molecule has 0 aromatic carbocycles. The highest BCUT2D eigenvalue weighted by Crippen LogP contribution is 2.32. The zero-order valence-corrected chi connectivity index (χ0v) is 6.29. The molecule has 4 heteroatoms. The van der Waals surface area contributed by atoms with Crippen LogP contribution in [0.15, 0.2) is 0 Å². The Morgan fingerprint density at radius 1 is 1.64 bits per heavy atom. The van der Waals surface area contributed by atoms with E-state index < -0.39 is 5.97 Å². The van der Waals surface area contributed by atoms with Crippen LogP contribution in [0.5, 0.6) is 0 Å². The smallest absolute Gasteiger partial charge is 0.317 e. The van der Waals surface area contributed by atoms with E-state index >= 15 is 0 Å². The zero-order valence-electron chi connectivity index (χ0n) is 6.29. The van der Waals surface area contributed by atoms with Crippen LogP contribution in [0.3, 0.4) is 0 Å². The van der Waals surface area contributed by atoms with Crippen LogP contribution in [-0.4, -0.2) is 35.4 Å². The molecule has 4 nitrogen and oxygen atoms in total. The molecule has 0 saturated heterocycles. The number of carboxylic acid groups (broad SMARTS) is 1. The molecule has 1 aliphatic carbocycles. The molecule has 64 valence electrons. The normalized spacial score (nSPS) is 19.7. The second-order valence-corrected chi connectivity index (χ2v) is 2.93. The summed E-state index contributed by atoms with van der Waals surface area (Å²) < 4.78 is 0. The molecule has 0 radical (unpaired) electrons. The van der Waals surface area contributed by atoms with Crippen molar-refractivity contribution in [1.29, 1.82) is 0 Å². The molecule has 1 aliphatic rings. The van der Waals surface area contributed by atoms with Gasteiger partial charge < -0.3 is 15.5 Å². The fraction of sp³-hybridized carbons (Fsp3) is 0.857. The number of carboxylic acids is 1. The summed E-state index contributed by atoms with van der Waals surface area (Å²) >= 11 is 0. The summed E-state index contributed by atoms with van der Waals surface area (Å²) in [5, 5.41) is 20.1. The molecule has 3 N–H and O–H groups in total. The third-order valence-electron chi connectivity index (χ3n) is 1.80. The van der Waals surface area contributed by atoms with Crippen LogP contribution in [0.4, 0.5) is 0 Å². The van der Waals surface area contributed by atoms with Crippen LogP contribution in [0.1, 0.15) is 12.8 Å². The minimum absolute atomic E-state index is 0.0657. The average molecular weight is 159 g/mol. The van der Waals surface area contributed by atoms with Crippen molar-refractivity contribution in [2.45, 2.75) is 18.9 Å². The zero-order chi connectivity index (χ0) is 8.27. The summed E-state index contributed by atoms with van der Waals surface area (Å²) in [5.74, 6) is -0.468. The van der Waals surface area contributed by atoms with E-state index in [1.807, 2.05) is 0 Å². The van der Waals surface area contributed by atoms with Gasteiger partial charge in [0.25, 0.3) is 0 Å². The first kappa shape index (κ1) is 8.49. The molecular formula is C7H13NO3. The van der Waals surface area contributed by atoms with E-state index in [1.54, 1.807) is 0 Å². The molecule has 0 amide bonds. The van der Waals surface area contributed by atoms with Gasteiger partial charge in [-0.05, 0) is 18.8 Å². The summed E-state index contributed by atoms with van der Waals surface area (Å²) in [7, 11) is 0. The summed E-state index contributed by atoms with van der Waals surface area (Å²) in [6.45, 7) is 0.334. The minimum atomic E-state index is -0.881.